The van der Waals surface area contributed by atoms with Crippen molar-refractivity contribution in [1.29, 1.82) is 0 Å². The lowest BCUT2D eigenvalue weighted by molar-refractivity contribution is -0.118. The van der Waals surface area contributed by atoms with E-state index < -0.39 is 17.0 Å². The van der Waals surface area contributed by atoms with E-state index in [1.807, 2.05) is 0 Å². The van der Waals surface area contributed by atoms with Gasteiger partial charge in [-0.1, -0.05) is 6.07 Å². The Morgan fingerprint density at radius 1 is 1.04 bits per heavy atom. The molecule has 0 aliphatic heterocycles. The number of anilines is 2. The summed E-state index contributed by atoms with van der Waals surface area (Å²) in [5.74, 6) is -0.142. The highest BCUT2D eigenvalue weighted by Crippen LogP contribution is 2.19. The Hall–Kier alpha value is -3.88. The van der Waals surface area contributed by atoms with Crippen molar-refractivity contribution in [3.05, 3.63) is 63.2 Å². The Morgan fingerprint density at radius 2 is 1.71 bits per heavy atom. The third-order valence-corrected chi connectivity index (χ3v) is 4.17. The number of benzene rings is 2. The van der Waals surface area contributed by atoms with E-state index in [1.54, 1.807) is 37.4 Å². The summed E-state index contributed by atoms with van der Waals surface area (Å²) < 4.78 is 5.43. The molecule has 1 aromatic heterocycles. The van der Waals surface area contributed by atoms with Gasteiger partial charge in [0.05, 0.1) is 16.5 Å². The number of fused-ring (bicyclic) bond motifs is 1. The fourth-order valence-corrected chi connectivity index (χ4v) is 2.62. The van der Waals surface area contributed by atoms with Gasteiger partial charge in [0.2, 0.25) is 5.91 Å². The number of rotatable bonds is 5. The van der Waals surface area contributed by atoms with Gasteiger partial charge < -0.3 is 15.0 Å². The normalized spacial score (nSPS) is 10.5. The Balaban J connectivity index is 1.69. The molecule has 0 spiro atoms. The van der Waals surface area contributed by atoms with Crippen molar-refractivity contribution in [2.75, 3.05) is 23.9 Å². The Labute approximate surface area is 158 Å². The van der Waals surface area contributed by atoms with Gasteiger partial charge in [-0.05, 0) is 36.4 Å². The van der Waals surface area contributed by atoms with Gasteiger partial charge in [0.15, 0.2) is 6.61 Å². The highest BCUT2D eigenvalue weighted by atomic mass is 16.5. The standard InChI is InChI=1S/C19H18N4O5/c1-11(24)23(2)12-6-8-13(9-7-12)28-10-16(25)20-15-5-3-4-14-17(15)19(27)22-21-18(14)26/h3-9H,10H2,1-2H3,(H,20,25)(H,21,26)(H,22,27). The molecule has 3 rings (SSSR count). The molecule has 0 fully saturated rings. The van der Waals surface area contributed by atoms with Crippen molar-refractivity contribution >= 4 is 34.0 Å². The molecule has 0 radical (unpaired) electrons. The average Bonchev–Trinajstić information content (AvgIpc) is 2.69. The summed E-state index contributed by atoms with van der Waals surface area (Å²) in [5.41, 5.74) is -0.0597. The number of carbonyl (C=O) groups is 2. The number of aromatic amines is 2. The van der Waals surface area contributed by atoms with Crippen LogP contribution >= 0.6 is 0 Å². The molecular weight excluding hydrogens is 364 g/mol. The van der Waals surface area contributed by atoms with Gasteiger partial charge in [-0.3, -0.25) is 29.4 Å². The third kappa shape index (κ3) is 3.93. The van der Waals surface area contributed by atoms with Crippen molar-refractivity contribution in [3.8, 4) is 5.75 Å². The number of hydrogen-bond donors (Lipinski definition) is 3. The van der Waals surface area contributed by atoms with Crippen LogP contribution < -0.4 is 26.1 Å². The van der Waals surface area contributed by atoms with Gasteiger partial charge in [-0.2, -0.15) is 0 Å². The second-order valence-electron chi connectivity index (χ2n) is 6.05. The lowest BCUT2D eigenvalue weighted by Crippen LogP contribution is -2.24. The zero-order valence-electron chi connectivity index (χ0n) is 15.2. The molecule has 0 saturated carbocycles. The van der Waals surface area contributed by atoms with Gasteiger partial charge in [0.25, 0.3) is 17.0 Å². The molecule has 1 heterocycles. The molecule has 0 unspecified atom stereocenters. The lowest BCUT2D eigenvalue weighted by Gasteiger charge is -2.15. The maximum atomic E-state index is 12.2. The number of nitrogens with one attached hydrogen (secondary N) is 3. The first-order valence-electron chi connectivity index (χ1n) is 8.37. The topological polar surface area (TPSA) is 124 Å². The highest BCUT2D eigenvalue weighted by Gasteiger charge is 2.12. The van der Waals surface area contributed by atoms with Crippen LogP contribution in [0.25, 0.3) is 10.8 Å². The molecule has 2 amide bonds. The van der Waals surface area contributed by atoms with E-state index in [4.69, 9.17) is 4.74 Å². The van der Waals surface area contributed by atoms with Crippen LogP contribution in [0.1, 0.15) is 6.92 Å². The molecule has 0 bridgehead atoms. The first-order chi connectivity index (χ1) is 13.4. The Morgan fingerprint density at radius 3 is 2.39 bits per heavy atom. The molecule has 0 atom stereocenters. The minimum Gasteiger partial charge on any atom is -0.484 e. The Bertz CT molecular complexity index is 1150. The van der Waals surface area contributed by atoms with Crippen LogP contribution in [0.3, 0.4) is 0 Å². The smallest absolute Gasteiger partial charge is 0.272 e. The first-order valence-corrected chi connectivity index (χ1v) is 8.37. The summed E-state index contributed by atoms with van der Waals surface area (Å²) in [6, 6.07) is 11.3. The van der Waals surface area contributed by atoms with Crippen LogP contribution in [-0.4, -0.2) is 35.7 Å². The zero-order valence-corrected chi connectivity index (χ0v) is 15.2. The van der Waals surface area contributed by atoms with Crippen LogP contribution in [0.2, 0.25) is 0 Å². The van der Waals surface area contributed by atoms with E-state index in [0.717, 1.165) is 0 Å². The number of hydrogen-bond acceptors (Lipinski definition) is 5. The number of carbonyl (C=O) groups excluding carboxylic acids is 2. The summed E-state index contributed by atoms with van der Waals surface area (Å²) >= 11 is 0. The maximum absolute atomic E-state index is 12.2. The summed E-state index contributed by atoms with van der Waals surface area (Å²) in [6.07, 6.45) is 0. The monoisotopic (exact) mass is 382 g/mol. The molecule has 2 aromatic carbocycles. The predicted octanol–water partition coefficient (Wildman–Crippen LogP) is 1.22. The van der Waals surface area contributed by atoms with Crippen LogP contribution in [0.5, 0.6) is 5.75 Å². The van der Waals surface area contributed by atoms with Crippen molar-refractivity contribution in [2.24, 2.45) is 0 Å². The molecule has 9 nitrogen and oxygen atoms in total. The van der Waals surface area contributed by atoms with E-state index in [0.29, 0.717) is 11.4 Å². The quantitative estimate of drug-likeness (QED) is 0.612. The molecule has 0 saturated heterocycles. The molecule has 0 aliphatic carbocycles. The molecule has 144 valence electrons. The van der Waals surface area contributed by atoms with Crippen LogP contribution in [-0.2, 0) is 9.59 Å². The molecule has 0 aliphatic rings. The second-order valence-corrected chi connectivity index (χ2v) is 6.05. The van der Waals surface area contributed by atoms with E-state index in [9.17, 15) is 19.2 Å². The summed E-state index contributed by atoms with van der Waals surface area (Å²) in [5, 5.41) is 7.31. The van der Waals surface area contributed by atoms with E-state index in [2.05, 4.69) is 15.5 Å². The van der Waals surface area contributed by atoms with Crippen molar-refractivity contribution in [3.63, 3.8) is 0 Å². The van der Waals surface area contributed by atoms with Crippen molar-refractivity contribution < 1.29 is 14.3 Å². The molecule has 3 N–H and O–H groups in total. The third-order valence-electron chi connectivity index (χ3n) is 4.17. The van der Waals surface area contributed by atoms with E-state index in [1.165, 1.54) is 24.0 Å². The summed E-state index contributed by atoms with van der Waals surface area (Å²) in [4.78, 5) is 48.9. The molecule has 28 heavy (non-hydrogen) atoms. The van der Waals surface area contributed by atoms with Gasteiger partial charge in [0.1, 0.15) is 5.75 Å². The fourth-order valence-electron chi connectivity index (χ4n) is 2.62. The first kappa shape index (κ1) is 18.9. The van der Waals surface area contributed by atoms with Crippen LogP contribution in [0.15, 0.2) is 52.1 Å². The second kappa shape index (κ2) is 7.78. The summed E-state index contributed by atoms with van der Waals surface area (Å²) in [7, 11) is 1.66. The van der Waals surface area contributed by atoms with Crippen LogP contribution in [0, 0.1) is 0 Å². The number of nitrogens with zero attached hydrogens (tertiary/aromatic N) is 1. The highest BCUT2D eigenvalue weighted by molar-refractivity contribution is 6.01. The SMILES string of the molecule is CC(=O)N(C)c1ccc(OCC(=O)Nc2cccc3c(=O)[nH][nH]c(=O)c23)cc1. The van der Waals surface area contributed by atoms with Crippen molar-refractivity contribution in [1.82, 2.24) is 10.2 Å². The predicted molar refractivity (Wildman–Crippen MR) is 105 cm³/mol. The molecule has 3 aromatic rings. The van der Waals surface area contributed by atoms with Crippen molar-refractivity contribution in [2.45, 2.75) is 6.92 Å². The van der Waals surface area contributed by atoms with Gasteiger partial charge >= 0.3 is 0 Å². The van der Waals surface area contributed by atoms with Crippen LogP contribution in [0.4, 0.5) is 11.4 Å². The largest absolute Gasteiger partial charge is 0.484 e. The number of ether oxygens (including phenoxy) is 1. The maximum Gasteiger partial charge on any atom is 0.272 e. The van der Waals surface area contributed by atoms with Gasteiger partial charge in [0, 0.05) is 19.7 Å². The Kier molecular flexibility index (Phi) is 5.25. The summed E-state index contributed by atoms with van der Waals surface area (Å²) in [6.45, 7) is 1.17. The molecular formula is C19H18N4O5. The number of aromatic nitrogens is 2. The van der Waals surface area contributed by atoms with E-state index in [-0.39, 0.29) is 29.0 Å². The number of H-pyrrole nitrogens is 2. The van der Waals surface area contributed by atoms with Gasteiger partial charge in [-0.15, -0.1) is 0 Å². The molecule has 9 heteroatoms. The minimum absolute atomic E-state index is 0.0937. The average molecular weight is 382 g/mol. The van der Waals surface area contributed by atoms with Gasteiger partial charge in [-0.25, -0.2) is 0 Å². The minimum atomic E-state index is -0.517. The zero-order chi connectivity index (χ0) is 20.3. The van der Waals surface area contributed by atoms with E-state index >= 15 is 0 Å². The fraction of sp³-hybridized carbons (Fsp3) is 0.158. The lowest BCUT2D eigenvalue weighted by atomic mass is 10.1. The number of amides is 2.